The van der Waals surface area contributed by atoms with Crippen LogP contribution in [0.3, 0.4) is 0 Å². The van der Waals surface area contributed by atoms with Crippen LogP contribution in [0.4, 0.5) is 0 Å². The summed E-state index contributed by atoms with van der Waals surface area (Å²) >= 11 is 4.40. The summed E-state index contributed by atoms with van der Waals surface area (Å²) in [7, 11) is 0. The highest BCUT2D eigenvalue weighted by atomic mass is 32.1. The average molecular weight is 201 g/mol. The molecule has 68 valence electrons. The summed E-state index contributed by atoms with van der Waals surface area (Å²) in [5, 5.41) is 2.06. The van der Waals surface area contributed by atoms with Crippen LogP contribution in [-0.4, -0.2) is 4.98 Å². The lowest BCUT2D eigenvalue weighted by Crippen LogP contribution is -1.70. The van der Waals surface area contributed by atoms with E-state index >= 15 is 0 Å². The molecule has 0 atom stereocenters. The van der Waals surface area contributed by atoms with E-state index in [0.29, 0.717) is 0 Å². The van der Waals surface area contributed by atoms with Gasteiger partial charge in [0.05, 0.1) is 0 Å². The SMILES string of the molecule is Sc1cccc2oc3ccncc3c12. The minimum atomic E-state index is 0.858. The molecular weight excluding hydrogens is 194 g/mol. The molecule has 0 fully saturated rings. The van der Waals surface area contributed by atoms with E-state index < -0.39 is 0 Å². The van der Waals surface area contributed by atoms with Gasteiger partial charge in [0.2, 0.25) is 0 Å². The van der Waals surface area contributed by atoms with Crippen LogP contribution in [0.15, 0.2) is 46.0 Å². The molecule has 0 amide bonds. The maximum Gasteiger partial charge on any atom is 0.138 e. The zero-order chi connectivity index (χ0) is 9.54. The third kappa shape index (κ3) is 0.960. The van der Waals surface area contributed by atoms with Crippen LogP contribution in [0.2, 0.25) is 0 Å². The fourth-order valence-electron chi connectivity index (χ4n) is 1.65. The smallest absolute Gasteiger partial charge is 0.138 e. The molecule has 0 unspecified atom stereocenters. The van der Waals surface area contributed by atoms with E-state index in [0.717, 1.165) is 26.8 Å². The number of nitrogens with zero attached hydrogens (tertiary/aromatic N) is 1. The van der Waals surface area contributed by atoms with E-state index in [9.17, 15) is 0 Å². The number of rotatable bonds is 0. The molecule has 2 aromatic heterocycles. The molecule has 0 aliphatic carbocycles. The second-order valence-electron chi connectivity index (χ2n) is 3.12. The van der Waals surface area contributed by atoms with Crippen molar-refractivity contribution in [2.75, 3.05) is 0 Å². The van der Waals surface area contributed by atoms with E-state index in [1.165, 1.54) is 0 Å². The van der Waals surface area contributed by atoms with Crippen molar-refractivity contribution in [1.29, 1.82) is 0 Å². The van der Waals surface area contributed by atoms with Gasteiger partial charge in [-0.25, -0.2) is 0 Å². The van der Waals surface area contributed by atoms with Crippen molar-refractivity contribution >= 4 is 34.6 Å². The first-order valence-electron chi connectivity index (χ1n) is 4.30. The summed E-state index contributed by atoms with van der Waals surface area (Å²) in [5.74, 6) is 0. The van der Waals surface area contributed by atoms with Gasteiger partial charge in [-0.2, -0.15) is 0 Å². The molecule has 0 radical (unpaired) electrons. The Kier molecular flexibility index (Phi) is 1.55. The minimum absolute atomic E-state index is 0.858. The first-order valence-corrected chi connectivity index (χ1v) is 4.75. The summed E-state index contributed by atoms with van der Waals surface area (Å²) < 4.78 is 5.64. The monoisotopic (exact) mass is 201 g/mol. The number of thiol groups is 1. The van der Waals surface area contributed by atoms with Crippen LogP contribution in [0, 0.1) is 0 Å². The maximum absolute atomic E-state index is 5.64. The number of furan rings is 1. The number of hydrogen-bond acceptors (Lipinski definition) is 3. The van der Waals surface area contributed by atoms with E-state index in [1.807, 2.05) is 24.3 Å². The van der Waals surface area contributed by atoms with Crippen molar-refractivity contribution in [2.24, 2.45) is 0 Å². The molecule has 0 N–H and O–H groups in total. The van der Waals surface area contributed by atoms with Crippen molar-refractivity contribution in [2.45, 2.75) is 4.90 Å². The topological polar surface area (TPSA) is 26.0 Å². The summed E-state index contributed by atoms with van der Waals surface area (Å²) in [6, 6.07) is 7.69. The first kappa shape index (κ1) is 7.88. The Bertz CT molecular complexity index is 615. The molecule has 0 saturated carbocycles. The Hall–Kier alpha value is -1.48. The average Bonchev–Trinajstić information content (AvgIpc) is 2.57. The van der Waals surface area contributed by atoms with Crippen molar-refractivity contribution < 1.29 is 4.42 Å². The Labute approximate surface area is 86.0 Å². The minimum Gasteiger partial charge on any atom is -0.456 e. The Morgan fingerprint density at radius 1 is 1.14 bits per heavy atom. The van der Waals surface area contributed by atoms with Crippen molar-refractivity contribution in [1.82, 2.24) is 4.98 Å². The van der Waals surface area contributed by atoms with E-state index in [2.05, 4.69) is 17.6 Å². The molecule has 3 heteroatoms. The lowest BCUT2D eigenvalue weighted by molar-refractivity contribution is 0.668. The zero-order valence-electron chi connectivity index (χ0n) is 7.27. The van der Waals surface area contributed by atoms with E-state index in [-0.39, 0.29) is 0 Å². The third-order valence-electron chi connectivity index (χ3n) is 2.27. The quantitative estimate of drug-likeness (QED) is 0.565. The van der Waals surface area contributed by atoms with Gasteiger partial charge in [0.1, 0.15) is 11.2 Å². The van der Waals surface area contributed by atoms with Crippen LogP contribution < -0.4 is 0 Å². The zero-order valence-corrected chi connectivity index (χ0v) is 8.16. The maximum atomic E-state index is 5.64. The highest BCUT2D eigenvalue weighted by molar-refractivity contribution is 7.80. The van der Waals surface area contributed by atoms with Crippen LogP contribution in [-0.2, 0) is 0 Å². The Balaban J connectivity index is 2.65. The fourth-order valence-corrected chi connectivity index (χ4v) is 1.97. The summed E-state index contributed by atoms with van der Waals surface area (Å²) in [4.78, 5) is 5.01. The van der Waals surface area contributed by atoms with Gasteiger partial charge in [-0.3, -0.25) is 4.98 Å². The second kappa shape index (κ2) is 2.75. The highest BCUT2D eigenvalue weighted by Gasteiger charge is 2.07. The molecule has 3 aromatic rings. The van der Waals surface area contributed by atoms with Gasteiger partial charge in [0.15, 0.2) is 0 Å². The van der Waals surface area contributed by atoms with Gasteiger partial charge in [0.25, 0.3) is 0 Å². The van der Waals surface area contributed by atoms with Gasteiger partial charge in [-0.15, -0.1) is 12.6 Å². The van der Waals surface area contributed by atoms with Crippen molar-refractivity contribution in [3.8, 4) is 0 Å². The van der Waals surface area contributed by atoms with Gasteiger partial charge in [-0.1, -0.05) is 6.07 Å². The van der Waals surface area contributed by atoms with Crippen LogP contribution in [0.5, 0.6) is 0 Å². The lowest BCUT2D eigenvalue weighted by atomic mass is 10.2. The normalized spacial score (nSPS) is 11.2. The molecule has 0 aliphatic rings. The van der Waals surface area contributed by atoms with Crippen molar-refractivity contribution in [3.63, 3.8) is 0 Å². The predicted molar refractivity (Wildman–Crippen MR) is 58.8 cm³/mol. The number of fused-ring (bicyclic) bond motifs is 3. The number of benzene rings is 1. The number of aromatic nitrogens is 1. The Morgan fingerprint density at radius 3 is 3.00 bits per heavy atom. The van der Waals surface area contributed by atoms with Gasteiger partial charge in [0, 0.05) is 28.1 Å². The number of hydrogen-bond donors (Lipinski definition) is 1. The highest BCUT2D eigenvalue weighted by Crippen LogP contribution is 2.31. The van der Waals surface area contributed by atoms with Crippen LogP contribution in [0.25, 0.3) is 21.9 Å². The van der Waals surface area contributed by atoms with E-state index in [4.69, 9.17) is 4.42 Å². The first-order chi connectivity index (χ1) is 6.86. The Morgan fingerprint density at radius 2 is 2.07 bits per heavy atom. The summed E-state index contributed by atoms with van der Waals surface area (Å²) in [6.07, 6.45) is 3.53. The molecule has 0 aliphatic heterocycles. The van der Waals surface area contributed by atoms with Crippen LogP contribution >= 0.6 is 12.6 Å². The van der Waals surface area contributed by atoms with E-state index in [1.54, 1.807) is 12.4 Å². The van der Waals surface area contributed by atoms with Gasteiger partial charge >= 0.3 is 0 Å². The fraction of sp³-hybridized carbons (Fsp3) is 0. The standard InChI is InChI=1S/C11H7NOS/c14-10-3-1-2-9-11(10)7-6-12-5-4-8(7)13-9/h1-6,14H. The lowest BCUT2D eigenvalue weighted by Gasteiger charge is -1.92. The second-order valence-corrected chi connectivity index (χ2v) is 3.61. The molecule has 0 spiro atoms. The third-order valence-corrected chi connectivity index (χ3v) is 2.65. The van der Waals surface area contributed by atoms with Gasteiger partial charge < -0.3 is 4.42 Å². The summed E-state index contributed by atoms with van der Waals surface area (Å²) in [5.41, 5.74) is 1.72. The van der Waals surface area contributed by atoms with Crippen LogP contribution in [0.1, 0.15) is 0 Å². The van der Waals surface area contributed by atoms with Crippen molar-refractivity contribution in [3.05, 3.63) is 36.7 Å². The molecule has 2 heterocycles. The number of pyridine rings is 1. The largest absolute Gasteiger partial charge is 0.456 e. The predicted octanol–water partition coefficient (Wildman–Crippen LogP) is 3.27. The molecule has 0 saturated heterocycles. The van der Waals surface area contributed by atoms with Gasteiger partial charge in [-0.05, 0) is 18.2 Å². The molecule has 3 rings (SSSR count). The molecule has 0 bridgehead atoms. The molecule has 14 heavy (non-hydrogen) atoms. The summed E-state index contributed by atoms with van der Waals surface area (Å²) in [6.45, 7) is 0. The molecule has 1 aromatic carbocycles. The molecule has 2 nitrogen and oxygen atoms in total. The molecular formula is C11H7NOS.